The first kappa shape index (κ1) is 14.3. The van der Waals surface area contributed by atoms with Crippen LogP contribution in [0.4, 0.5) is 0 Å². The zero-order valence-corrected chi connectivity index (χ0v) is 11.9. The van der Waals surface area contributed by atoms with E-state index in [1.807, 2.05) is 0 Å². The van der Waals surface area contributed by atoms with Gasteiger partial charge < -0.3 is 9.84 Å². The van der Waals surface area contributed by atoms with Gasteiger partial charge in [0.25, 0.3) is 0 Å². The van der Waals surface area contributed by atoms with Crippen molar-refractivity contribution in [3.05, 3.63) is 0 Å². The normalized spacial score (nSPS) is 34.7. The van der Waals surface area contributed by atoms with Crippen molar-refractivity contribution in [3.63, 3.8) is 0 Å². The van der Waals surface area contributed by atoms with Gasteiger partial charge in [-0.3, -0.25) is 4.90 Å². The molecule has 2 aliphatic heterocycles. The van der Waals surface area contributed by atoms with E-state index in [9.17, 15) is 5.11 Å². The van der Waals surface area contributed by atoms with Gasteiger partial charge in [0, 0.05) is 24.6 Å². The summed E-state index contributed by atoms with van der Waals surface area (Å²) in [6.07, 6.45) is 8.85. The highest BCUT2D eigenvalue weighted by Gasteiger charge is 2.36. The Kier molecular flexibility index (Phi) is 5.46. The summed E-state index contributed by atoms with van der Waals surface area (Å²) in [6, 6.07) is 0.745. The molecule has 2 unspecified atom stereocenters. The third-order valence-electron chi connectivity index (χ3n) is 4.65. The maximum absolute atomic E-state index is 9.78. The minimum atomic E-state index is 0.0155. The van der Waals surface area contributed by atoms with Gasteiger partial charge in [-0.2, -0.15) is 0 Å². The first-order chi connectivity index (χ1) is 8.79. The summed E-state index contributed by atoms with van der Waals surface area (Å²) in [5.74, 6) is 0. The Morgan fingerprint density at radius 1 is 1.33 bits per heavy atom. The third kappa shape index (κ3) is 3.46. The molecule has 2 heterocycles. The fourth-order valence-corrected chi connectivity index (χ4v) is 3.57. The number of hydrogen-bond acceptors (Lipinski definition) is 3. The lowest BCUT2D eigenvalue weighted by molar-refractivity contribution is -0.0652. The minimum Gasteiger partial charge on any atom is -0.396 e. The van der Waals surface area contributed by atoms with Gasteiger partial charge in [0.05, 0.1) is 13.2 Å². The summed E-state index contributed by atoms with van der Waals surface area (Å²) in [6.45, 7) is 6.43. The molecule has 0 amide bonds. The Hall–Kier alpha value is -0.120. The summed E-state index contributed by atoms with van der Waals surface area (Å²) in [5.41, 5.74) is 0.0155. The van der Waals surface area contributed by atoms with E-state index in [2.05, 4.69) is 11.8 Å². The summed E-state index contributed by atoms with van der Waals surface area (Å²) in [4.78, 5) is 2.64. The SMILES string of the molecule is CCCC1CCCCN1CC1(CO)CCCOC1. The number of hydrogen-bond donors (Lipinski definition) is 1. The van der Waals surface area contributed by atoms with Crippen LogP contribution in [0.25, 0.3) is 0 Å². The Labute approximate surface area is 112 Å². The van der Waals surface area contributed by atoms with Crippen molar-refractivity contribution >= 4 is 0 Å². The zero-order valence-electron chi connectivity index (χ0n) is 11.9. The quantitative estimate of drug-likeness (QED) is 0.819. The van der Waals surface area contributed by atoms with Crippen LogP contribution in [-0.4, -0.2) is 49.0 Å². The van der Waals surface area contributed by atoms with Gasteiger partial charge in [0.1, 0.15) is 0 Å². The molecule has 2 saturated heterocycles. The number of rotatable bonds is 5. The molecule has 2 fully saturated rings. The van der Waals surface area contributed by atoms with Crippen LogP contribution in [0.2, 0.25) is 0 Å². The molecule has 0 bridgehead atoms. The van der Waals surface area contributed by atoms with Crippen molar-refractivity contribution in [2.45, 2.75) is 57.9 Å². The van der Waals surface area contributed by atoms with E-state index < -0.39 is 0 Å². The van der Waals surface area contributed by atoms with Crippen LogP contribution in [0, 0.1) is 5.41 Å². The summed E-state index contributed by atoms with van der Waals surface area (Å²) < 4.78 is 5.63. The van der Waals surface area contributed by atoms with Gasteiger partial charge in [0.2, 0.25) is 0 Å². The van der Waals surface area contributed by atoms with E-state index in [0.717, 1.165) is 38.6 Å². The van der Waals surface area contributed by atoms with Gasteiger partial charge in [-0.1, -0.05) is 19.8 Å². The Bertz CT molecular complexity index is 237. The van der Waals surface area contributed by atoms with Crippen LogP contribution in [-0.2, 0) is 4.74 Å². The molecular formula is C15H29NO2. The van der Waals surface area contributed by atoms with E-state index in [4.69, 9.17) is 4.74 Å². The molecule has 0 aliphatic carbocycles. The van der Waals surface area contributed by atoms with Crippen molar-refractivity contribution < 1.29 is 9.84 Å². The average molecular weight is 255 g/mol. The molecule has 2 aliphatic rings. The molecule has 0 aromatic carbocycles. The highest BCUT2D eigenvalue weighted by atomic mass is 16.5. The lowest BCUT2D eigenvalue weighted by Gasteiger charge is -2.44. The maximum Gasteiger partial charge on any atom is 0.0556 e. The molecule has 106 valence electrons. The molecule has 3 heteroatoms. The summed E-state index contributed by atoms with van der Waals surface area (Å²) in [5, 5.41) is 9.78. The topological polar surface area (TPSA) is 32.7 Å². The van der Waals surface area contributed by atoms with Crippen molar-refractivity contribution in [1.29, 1.82) is 0 Å². The van der Waals surface area contributed by atoms with Crippen LogP contribution in [0.1, 0.15) is 51.9 Å². The van der Waals surface area contributed by atoms with Crippen LogP contribution < -0.4 is 0 Å². The Balaban J connectivity index is 1.95. The molecule has 3 nitrogen and oxygen atoms in total. The highest BCUT2D eigenvalue weighted by Crippen LogP contribution is 2.32. The molecule has 0 saturated carbocycles. The number of piperidine rings is 1. The van der Waals surface area contributed by atoms with E-state index in [1.165, 1.54) is 38.6 Å². The largest absolute Gasteiger partial charge is 0.396 e. The lowest BCUT2D eigenvalue weighted by atomic mass is 9.81. The van der Waals surface area contributed by atoms with E-state index in [1.54, 1.807) is 0 Å². The maximum atomic E-state index is 9.78. The Morgan fingerprint density at radius 3 is 2.89 bits per heavy atom. The van der Waals surface area contributed by atoms with Crippen molar-refractivity contribution in [2.75, 3.05) is 32.9 Å². The molecule has 2 rings (SSSR count). The second-order valence-corrected chi connectivity index (χ2v) is 6.22. The van der Waals surface area contributed by atoms with E-state index >= 15 is 0 Å². The first-order valence-corrected chi connectivity index (χ1v) is 7.72. The molecule has 0 radical (unpaired) electrons. The number of aliphatic hydroxyl groups excluding tert-OH is 1. The predicted molar refractivity (Wildman–Crippen MR) is 73.7 cm³/mol. The molecule has 2 atom stereocenters. The van der Waals surface area contributed by atoms with Crippen LogP contribution in [0.3, 0.4) is 0 Å². The third-order valence-corrected chi connectivity index (χ3v) is 4.65. The molecule has 18 heavy (non-hydrogen) atoms. The molecular weight excluding hydrogens is 226 g/mol. The minimum absolute atomic E-state index is 0.0155. The first-order valence-electron chi connectivity index (χ1n) is 7.72. The van der Waals surface area contributed by atoms with Gasteiger partial charge in [0.15, 0.2) is 0 Å². The number of ether oxygens (including phenoxy) is 1. The molecule has 1 N–H and O–H groups in total. The fraction of sp³-hybridized carbons (Fsp3) is 1.00. The predicted octanol–water partition coefficient (Wildman–Crippen LogP) is 2.43. The van der Waals surface area contributed by atoms with Crippen molar-refractivity contribution in [1.82, 2.24) is 4.90 Å². The number of likely N-dealkylation sites (tertiary alicyclic amines) is 1. The molecule has 0 spiro atoms. The van der Waals surface area contributed by atoms with Crippen molar-refractivity contribution in [3.8, 4) is 0 Å². The average Bonchev–Trinajstić information content (AvgIpc) is 2.42. The van der Waals surface area contributed by atoms with Crippen LogP contribution >= 0.6 is 0 Å². The Morgan fingerprint density at radius 2 is 2.22 bits per heavy atom. The van der Waals surface area contributed by atoms with Crippen LogP contribution in [0.5, 0.6) is 0 Å². The highest BCUT2D eigenvalue weighted by molar-refractivity contribution is 4.88. The smallest absolute Gasteiger partial charge is 0.0556 e. The van der Waals surface area contributed by atoms with E-state index in [0.29, 0.717) is 0 Å². The number of nitrogens with zero attached hydrogens (tertiary/aromatic N) is 1. The lowest BCUT2D eigenvalue weighted by Crippen LogP contribution is -2.50. The summed E-state index contributed by atoms with van der Waals surface area (Å²) >= 11 is 0. The second-order valence-electron chi connectivity index (χ2n) is 6.22. The van der Waals surface area contributed by atoms with Gasteiger partial charge in [-0.25, -0.2) is 0 Å². The fourth-order valence-electron chi connectivity index (χ4n) is 3.57. The standard InChI is InChI=1S/C15H29NO2/c1-2-6-14-7-3-4-9-16(14)11-15(12-17)8-5-10-18-13-15/h14,17H,2-13H2,1H3. The van der Waals surface area contributed by atoms with Gasteiger partial charge in [-0.15, -0.1) is 0 Å². The monoisotopic (exact) mass is 255 g/mol. The number of aliphatic hydroxyl groups is 1. The zero-order chi connectivity index (χ0) is 12.8. The molecule has 0 aromatic heterocycles. The summed E-state index contributed by atoms with van der Waals surface area (Å²) in [7, 11) is 0. The van der Waals surface area contributed by atoms with Gasteiger partial charge in [-0.05, 0) is 38.6 Å². The molecule has 0 aromatic rings. The van der Waals surface area contributed by atoms with Gasteiger partial charge >= 0.3 is 0 Å². The second kappa shape index (κ2) is 6.88. The van der Waals surface area contributed by atoms with E-state index in [-0.39, 0.29) is 12.0 Å². The van der Waals surface area contributed by atoms with Crippen molar-refractivity contribution in [2.24, 2.45) is 5.41 Å². The van der Waals surface area contributed by atoms with Crippen LogP contribution in [0.15, 0.2) is 0 Å².